The number of nitrogens with one attached hydrogen (secondary N) is 1. The Morgan fingerprint density at radius 1 is 1.04 bits per heavy atom. The maximum Gasteiger partial charge on any atom is 0.235 e. The van der Waals surface area contributed by atoms with Crippen LogP contribution in [0.1, 0.15) is 31.2 Å². The van der Waals surface area contributed by atoms with Crippen LogP contribution in [-0.2, 0) is 10.2 Å². The Bertz CT molecular complexity index is 766. The van der Waals surface area contributed by atoms with Gasteiger partial charge in [0.25, 0.3) is 0 Å². The Morgan fingerprint density at radius 3 is 2.27 bits per heavy atom. The second-order valence-corrected chi connectivity index (χ2v) is 8.56. The van der Waals surface area contributed by atoms with E-state index >= 15 is 0 Å². The zero-order chi connectivity index (χ0) is 18.0. The van der Waals surface area contributed by atoms with Crippen molar-refractivity contribution in [1.29, 1.82) is 0 Å². The first kappa shape index (κ1) is 17.7. The highest BCUT2D eigenvalue weighted by Gasteiger charge is 2.42. The lowest BCUT2D eigenvalue weighted by molar-refractivity contribution is -0.121. The quantitative estimate of drug-likeness (QED) is 0.758. The summed E-state index contributed by atoms with van der Waals surface area (Å²) in [7, 11) is 0. The number of thioether (sulfide) groups is 1. The topological polar surface area (TPSA) is 38.3 Å². The van der Waals surface area contributed by atoms with Gasteiger partial charge in [-0.3, -0.25) is 4.79 Å². The Hall–Kier alpha value is -1.65. The minimum atomic E-state index is -0.455. The van der Waals surface area contributed by atoms with Crippen molar-refractivity contribution in [2.75, 3.05) is 16.8 Å². The van der Waals surface area contributed by atoms with E-state index in [0.29, 0.717) is 11.1 Å². The summed E-state index contributed by atoms with van der Waals surface area (Å²) in [5, 5.41) is 3.81. The van der Waals surface area contributed by atoms with Crippen LogP contribution in [0.2, 0.25) is 5.02 Å². The molecule has 3 nitrogen and oxygen atoms in total. The fourth-order valence-electron chi connectivity index (χ4n) is 3.74. The van der Waals surface area contributed by atoms with Gasteiger partial charge in [0.05, 0.1) is 5.41 Å². The molecule has 0 aromatic heterocycles. The van der Waals surface area contributed by atoms with E-state index in [-0.39, 0.29) is 5.91 Å². The minimum absolute atomic E-state index is 0.0707. The second-order valence-electron chi connectivity index (χ2n) is 7.05. The standard InChI is InChI=1S/C21H22ClNO2S/c22-16-5-3-15(4-6-16)21(11-1-2-12-21)20(24)23-17-7-9-18(10-8-17)25-19-13-26-14-19/h3-10,19H,1-2,11-14H2,(H,23,24). The molecule has 1 amide bonds. The summed E-state index contributed by atoms with van der Waals surface area (Å²) in [5.41, 5.74) is 1.41. The van der Waals surface area contributed by atoms with Crippen molar-refractivity contribution in [3.63, 3.8) is 0 Å². The zero-order valence-corrected chi connectivity index (χ0v) is 16.1. The SMILES string of the molecule is O=C(Nc1ccc(OC2CSC2)cc1)C1(c2ccc(Cl)cc2)CCCC1. The molecule has 0 radical (unpaired) electrons. The number of ether oxygens (including phenoxy) is 1. The number of hydrogen-bond donors (Lipinski definition) is 1. The first-order valence-corrected chi connectivity index (χ1v) is 10.6. The molecule has 2 aromatic rings. The number of halogens is 1. The Labute approximate surface area is 163 Å². The van der Waals surface area contributed by atoms with Crippen LogP contribution < -0.4 is 10.1 Å². The molecule has 0 unspecified atom stereocenters. The van der Waals surface area contributed by atoms with Crippen molar-refractivity contribution < 1.29 is 9.53 Å². The van der Waals surface area contributed by atoms with Gasteiger partial charge in [-0.15, -0.1) is 0 Å². The van der Waals surface area contributed by atoms with Gasteiger partial charge in [-0.05, 0) is 54.8 Å². The lowest BCUT2D eigenvalue weighted by Gasteiger charge is -2.28. The highest BCUT2D eigenvalue weighted by atomic mass is 35.5. The minimum Gasteiger partial charge on any atom is -0.489 e. The molecule has 2 aliphatic rings. The van der Waals surface area contributed by atoms with Crippen LogP contribution in [-0.4, -0.2) is 23.5 Å². The van der Waals surface area contributed by atoms with E-state index < -0.39 is 5.41 Å². The summed E-state index contributed by atoms with van der Waals surface area (Å²) in [6.45, 7) is 0. The van der Waals surface area contributed by atoms with Gasteiger partial charge in [0.1, 0.15) is 11.9 Å². The molecule has 4 rings (SSSR count). The molecule has 0 bridgehead atoms. The van der Waals surface area contributed by atoms with Crippen LogP contribution >= 0.6 is 23.4 Å². The summed E-state index contributed by atoms with van der Waals surface area (Å²) in [6.07, 6.45) is 4.22. The molecule has 26 heavy (non-hydrogen) atoms. The second kappa shape index (κ2) is 7.53. The summed E-state index contributed by atoms with van der Waals surface area (Å²) in [5.74, 6) is 3.05. The van der Waals surface area contributed by atoms with Crippen molar-refractivity contribution in [2.45, 2.75) is 37.2 Å². The number of carbonyl (C=O) groups excluding carboxylic acids is 1. The molecule has 0 spiro atoms. The fraction of sp³-hybridized carbons (Fsp3) is 0.381. The predicted octanol–water partition coefficient (Wildman–Crippen LogP) is 5.28. The molecule has 1 aliphatic carbocycles. The van der Waals surface area contributed by atoms with Gasteiger partial charge in [-0.25, -0.2) is 0 Å². The fourth-order valence-corrected chi connectivity index (χ4v) is 4.43. The average molecular weight is 388 g/mol. The largest absolute Gasteiger partial charge is 0.489 e. The molecule has 2 fully saturated rings. The van der Waals surface area contributed by atoms with Crippen LogP contribution in [0.15, 0.2) is 48.5 Å². The molecule has 2 aromatic carbocycles. The third-order valence-corrected chi connectivity index (χ3v) is 6.78. The van der Waals surface area contributed by atoms with E-state index in [4.69, 9.17) is 16.3 Å². The molecule has 1 aliphatic heterocycles. The number of hydrogen-bond acceptors (Lipinski definition) is 3. The summed E-state index contributed by atoms with van der Waals surface area (Å²) in [6, 6.07) is 15.4. The highest BCUT2D eigenvalue weighted by molar-refractivity contribution is 8.00. The number of carbonyl (C=O) groups is 1. The Morgan fingerprint density at radius 2 is 1.69 bits per heavy atom. The zero-order valence-electron chi connectivity index (χ0n) is 14.5. The summed E-state index contributed by atoms with van der Waals surface area (Å²) >= 11 is 7.92. The van der Waals surface area contributed by atoms with Crippen LogP contribution in [0.3, 0.4) is 0 Å². The maximum atomic E-state index is 13.2. The first-order valence-electron chi connectivity index (χ1n) is 9.08. The lowest BCUT2D eigenvalue weighted by Crippen LogP contribution is -2.38. The lowest BCUT2D eigenvalue weighted by atomic mass is 9.78. The molecular formula is C21H22ClNO2S. The number of benzene rings is 2. The van der Waals surface area contributed by atoms with Crippen LogP contribution in [0, 0.1) is 0 Å². The Kier molecular flexibility index (Phi) is 5.14. The molecule has 1 N–H and O–H groups in total. The van der Waals surface area contributed by atoms with Gasteiger partial charge in [-0.1, -0.05) is 36.6 Å². The van der Waals surface area contributed by atoms with Crippen LogP contribution in [0.5, 0.6) is 5.75 Å². The molecule has 5 heteroatoms. The number of rotatable bonds is 5. The van der Waals surface area contributed by atoms with Gasteiger partial charge in [0.15, 0.2) is 0 Å². The highest BCUT2D eigenvalue weighted by Crippen LogP contribution is 2.42. The van der Waals surface area contributed by atoms with Crippen molar-refractivity contribution in [1.82, 2.24) is 0 Å². The van der Waals surface area contributed by atoms with Crippen molar-refractivity contribution in [3.8, 4) is 5.75 Å². The number of amides is 1. The van der Waals surface area contributed by atoms with Crippen molar-refractivity contribution in [3.05, 3.63) is 59.1 Å². The van der Waals surface area contributed by atoms with Gasteiger partial charge < -0.3 is 10.1 Å². The van der Waals surface area contributed by atoms with Gasteiger partial charge in [-0.2, -0.15) is 11.8 Å². The molecule has 0 atom stereocenters. The van der Waals surface area contributed by atoms with E-state index in [9.17, 15) is 4.79 Å². The monoisotopic (exact) mass is 387 g/mol. The third kappa shape index (κ3) is 3.58. The van der Waals surface area contributed by atoms with E-state index in [1.807, 2.05) is 60.3 Å². The smallest absolute Gasteiger partial charge is 0.235 e. The molecular weight excluding hydrogens is 366 g/mol. The van der Waals surface area contributed by atoms with Gasteiger partial charge >= 0.3 is 0 Å². The first-order chi connectivity index (χ1) is 12.7. The Balaban J connectivity index is 1.49. The normalized spacial score (nSPS) is 19.0. The van der Waals surface area contributed by atoms with E-state index in [1.54, 1.807) is 0 Å². The molecule has 136 valence electrons. The average Bonchev–Trinajstić information content (AvgIpc) is 3.11. The maximum absolute atomic E-state index is 13.2. The van der Waals surface area contributed by atoms with E-state index in [0.717, 1.165) is 54.2 Å². The molecule has 1 saturated carbocycles. The van der Waals surface area contributed by atoms with Gasteiger partial charge in [0, 0.05) is 22.2 Å². The van der Waals surface area contributed by atoms with Crippen molar-refractivity contribution in [2.24, 2.45) is 0 Å². The van der Waals surface area contributed by atoms with Crippen molar-refractivity contribution >= 4 is 35.0 Å². The van der Waals surface area contributed by atoms with Gasteiger partial charge in [0.2, 0.25) is 5.91 Å². The van der Waals surface area contributed by atoms with E-state index in [1.165, 1.54) is 0 Å². The predicted molar refractivity (Wildman–Crippen MR) is 108 cm³/mol. The molecule has 1 heterocycles. The van der Waals surface area contributed by atoms with Crippen LogP contribution in [0.25, 0.3) is 0 Å². The summed E-state index contributed by atoms with van der Waals surface area (Å²) < 4.78 is 5.86. The molecule has 1 saturated heterocycles. The third-order valence-electron chi connectivity index (χ3n) is 5.31. The van der Waals surface area contributed by atoms with E-state index in [2.05, 4.69) is 5.32 Å². The van der Waals surface area contributed by atoms with Crippen LogP contribution in [0.4, 0.5) is 5.69 Å². The summed E-state index contributed by atoms with van der Waals surface area (Å²) in [4.78, 5) is 13.2. The number of anilines is 1.